The van der Waals surface area contributed by atoms with Gasteiger partial charge in [0.1, 0.15) is 0 Å². The van der Waals surface area contributed by atoms with Gasteiger partial charge in [-0.3, -0.25) is 0 Å². The Kier molecular flexibility index (Phi) is 4.70. The van der Waals surface area contributed by atoms with Crippen LogP contribution in [0.3, 0.4) is 0 Å². The molecule has 1 nitrogen and oxygen atoms in total. The van der Waals surface area contributed by atoms with Crippen molar-refractivity contribution in [3.8, 4) is 0 Å². The number of anilines is 1. The first kappa shape index (κ1) is 12.0. The molecule has 1 aliphatic heterocycles. The van der Waals surface area contributed by atoms with Crippen LogP contribution in [-0.4, -0.2) is 12.6 Å². The average Bonchev–Trinajstić information content (AvgIpc) is 2.83. The van der Waals surface area contributed by atoms with E-state index in [1.807, 2.05) is 11.3 Å². The number of rotatable bonds is 5. The van der Waals surface area contributed by atoms with Crippen molar-refractivity contribution in [1.82, 2.24) is 0 Å². The highest BCUT2D eigenvalue weighted by molar-refractivity contribution is 7.14. The van der Waals surface area contributed by atoms with Gasteiger partial charge in [-0.2, -0.15) is 0 Å². The quantitative estimate of drug-likeness (QED) is 0.672. The van der Waals surface area contributed by atoms with E-state index in [9.17, 15) is 0 Å². The molecule has 0 saturated carbocycles. The summed E-state index contributed by atoms with van der Waals surface area (Å²) in [5.74, 6) is 0. The first-order chi connectivity index (χ1) is 7.92. The van der Waals surface area contributed by atoms with E-state index in [0.29, 0.717) is 0 Å². The topological polar surface area (TPSA) is 3.24 Å². The van der Waals surface area contributed by atoms with Crippen molar-refractivity contribution in [2.75, 3.05) is 11.4 Å². The van der Waals surface area contributed by atoms with Crippen LogP contribution in [0.5, 0.6) is 0 Å². The van der Waals surface area contributed by atoms with Crippen LogP contribution in [0, 0.1) is 0 Å². The second-order valence-electron chi connectivity index (χ2n) is 4.79. The summed E-state index contributed by atoms with van der Waals surface area (Å²) in [5, 5.41) is 3.69. The Morgan fingerprint density at radius 1 is 1.38 bits per heavy atom. The molecular weight excluding hydrogens is 214 g/mol. The molecule has 0 amide bonds. The largest absolute Gasteiger partial charge is 0.360 e. The Balaban J connectivity index is 1.92. The summed E-state index contributed by atoms with van der Waals surface area (Å²) in [6.07, 6.45) is 9.75. The zero-order valence-electron chi connectivity index (χ0n) is 10.3. The molecular formula is C14H23NS. The summed E-state index contributed by atoms with van der Waals surface area (Å²) in [6.45, 7) is 3.56. The van der Waals surface area contributed by atoms with Gasteiger partial charge >= 0.3 is 0 Å². The van der Waals surface area contributed by atoms with E-state index in [-0.39, 0.29) is 0 Å². The highest BCUT2D eigenvalue weighted by Crippen LogP contribution is 2.30. The minimum atomic E-state index is 0.818. The molecule has 90 valence electrons. The number of hydrogen-bond acceptors (Lipinski definition) is 2. The average molecular weight is 237 g/mol. The predicted octanol–water partition coefficient (Wildman–Crippen LogP) is 4.69. The molecule has 0 N–H and O–H groups in total. The lowest BCUT2D eigenvalue weighted by molar-refractivity contribution is 0.426. The summed E-state index contributed by atoms with van der Waals surface area (Å²) in [5.41, 5.74) is 0. The van der Waals surface area contributed by atoms with Crippen molar-refractivity contribution < 1.29 is 0 Å². The normalized spacial score (nSPS) is 21.3. The minimum Gasteiger partial charge on any atom is -0.360 e. The van der Waals surface area contributed by atoms with Crippen LogP contribution in [-0.2, 0) is 0 Å². The third-order valence-corrected chi connectivity index (χ3v) is 4.46. The highest BCUT2D eigenvalue weighted by atomic mass is 32.1. The van der Waals surface area contributed by atoms with Crippen LogP contribution in [0.25, 0.3) is 0 Å². The summed E-state index contributed by atoms with van der Waals surface area (Å²) in [7, 11) is 0. The SMILES string of the molecule is CCCCCC1CCCCN1c1cccs1. The maximum absolute atomic E-state index is 2.66. The Morgan fingerprint density at radius 3 is 3.06 bits per heavy atom. The van der Waals surface area contributed by atoms with Gasteiger partial charge in [0.05, 0.1) is 5.00 Å². The number of piperidine rings is 1. The molecule has 0 bridgehead atoms. The molecule has 1 fully saturated rings. The van der Waals surface area contributed by atoms with Crippen LogP contribution in [0.2, 0.25) is 0 Å². The fraction of sp³-hybridized carbons (Fsp3) is 0.714. The van der Waals surface area contributed by atoms with E-state index < -0.39 is 0 Å². The van der Waals surface area contributed by atoms with Crippen molar-refractivity contribution >= 4 is 16.3 Å². The third kappa shape index (κ3) is 3.00. The summed E-state index contributed by atoms with van der Waals surface area (Å²) < 4.78 is 0. The molecule has 1 unspecified atom stereocenters. The third-order valence-electron chi connectivity index (χ3n) is 3.56. The van der Waals surface area contributed by atoms with E-state index >= 15 is 0 Å². The fourth-order valence-electron chi connectivity index (χ4n) is 2.65. The van der Waals surface area contributed by atoms with Gasteiger partial charge in [0.15, 0.2) is 0 Å². The predicted molar refractivity (Wildman–Crippen MR) is 73.4 cm³/mol. The van der Waals surface area contributed by atoms with Crippen LogP contribution in [0.4, 0.5) is 5.00 Å². The molecule has 1 aromatic rings. The molecule has 0 aromatic carbocycles. The lowest BCUT2D eigenvalue weighted by atomic mass is 9.97. The van der Waals surface area contributed by atoms with Crippen LogP contribution in [0.15, 0.2) is 17.5 Å². The smallest absolute Gasteiger partial charge is 0.0910 e. The first-order valence-corrected chi connectivity index (χ1v) is 7.60. The van der Waals surface area contributed by atoms with Gasteiger partial charge in [0.2, 0.25) is 0 Å². The van der Waals surface area contributed by atoms with E-state index in [1.165, 1.54) is 56.5 Å². The molecule has 1 atom stereocenters. The number of nitrogens with zero attached hydrogens (tertiary/aromatic N) is 1. The van der Waals surface area contributed by atoms with Crippen molar-refractivity contribution in [2.45, 2.75) is 57.9 Å². The monoisotopic (exact) mass is 237 g/mol. The molecule has 2 rings (SSSR count). The molecule has 0 aliphatic carbocycles. The van der Waals surface area contributed by atoms with E-state index in [1.54, 1.807) is 0 Å². The van der Waals surface area contributed by atoms with Gasteiger partial charge in [0, 0.05) is 12.6 Å². The van der Waals surface area contributed by atoms with E-state index in [4.69, 9.17) is 0 Å². The van der Waals surface area contributed by atoms with Gasteiger partial charge in [0.25, 0.3) is 0 Å². The Labute approximate surface area is 103 Å². The molecule has 1 aliphatic rings. The zero-order valence-corrected chi connectivity index (χ0v) is 11.1. The lowest BCUT2D eigenvalue weighted by Crippen LogP contribution is -2.39. The highest BCUT2D eigenvalue weighted by Gasteiger charge is 2.22. The molecule has 2 heterocycles. The van der Waals surface area contributed by atoms with Crippen LogP contribution >= 0.6 is 11.3 Å². The van der Waals surface area contributed by atoms with E-state index in [0.717, 1.165) is 6.04 Å². The van der Waals surface area contributed by atoms with Crippen LogP contribution in [0.1, 0.15) is 51.9 Å². The van der Waals surface area contributed by atoms with Gasteiger partial charge < -0.3 is 4.90 Å². The summed E-state index contributed by atoms with van der Waals surface area (Å²) >= 11 is 1.90. The molecule has 0 spiro atoms. The van der Waals surface area contributed by atoms with Gasteiger partial charge in [-0.25, -0.2) is 0 Å². The Hall–Kier alpha value is -0.500. The van der Waals surface area contributed by atoms with Crippen molar-refractivity contribution in [3.05, 3.63) is 17.5 Å². The van der Waals surface area contributed by atoms with Gasteiger partial charge in [-0.1, -0.05) is 26.2 Å². The molecule has 1 aromatic heterocycles. The van der Waals surface area contributed by atoms with Crippen molar-refractivity contribution in [2.24, 2.45) is 0 Å². The first-order valence-electron chi connectivity index (χ1n) is 6.72. The second kappa shape index (κ2) is 6.29. The zero-order chi connectivity index (χ0) is 11.2. The Bertz CT molecular complexity index is 281. The van der Waals surface area contributed by atoms with Gasteiger partial charge in [-0.15, -0.1) is 11.3 Å². The van der Waals surface area contributed by atoms with Gasteiger partial charge in [-0.05, 0) is 43.2 Å². The van der Waals surface area contributed by atoms with Crippen LogP contribution < -0.4 is 4.90 Å². The number of hydrogen-bond donors (Lipinski definition) is 0. The molecule has 2 heteroatoms. The fourth-order valence-corrected chi connectivity index (χ4v) is 3.48. The van der Waals surface area contributed by atoms with Crippen molar-refractivity contribution in [3.63, 3.8) is 0 Å². The molecule has 1 saturated heterocycles. The number of thiophene rings is 1. The van der Waals surface area contributed by atoms with E-state index in [2.05, 4.69) is 29.3 Å². The number of unbranched alkanes of at least 4 members (excludes halogenated alkanes) is 2. The summed E-state index contributed by atoms with van der Waals surface area (Å²) in [6, 6.07) is 5.28. The summed E-state index contributed by atoms with van der Waals surface area (Å²) in [4.78, 5) is 2.66. The molecule has 16 heavy (non-hydrogen) atoms. The maximum Gasteiger partial charge on any atom is 0.0910 e. The minimum absolute atomic E-state index is 0.818. The standard InChI is InChI=1S/C14H23NS/c1-2-3-4-8-13-9-5-6-11-15(13)14-10-7-12-16-14/h7,10,12-13H,2-6,8-9,11H2,1H3. The Morgan fingerprint density at radius 2 is 2.31 bits per heavy atom. The van der Waals surface area contributed by atoms with Crippen molar-refractivity contribution in [1.29, 1.82) is 0 Å². The lowest BCUT2D eigenvalue weighted by Gasteiger charge is -2.36. The molecule has 0 radical (unpaired) electrons. The second-order valence-corrected chi connectivity index (χ2v) is 5.72. The maximum atomic E-state index is 2.66.